The van der Waals surface area contributed by atoms with E-state index in [1.165, 1.54) is 0 Å². The average Bonchev–Trinajstić information content (AvgIpc) is 2.02. The molecule has 0 amide bonds. The maximum absolute atomic E-state index is 10.1. The lowest BCUT2D eigenvalue weighted by Gasteiger charge is -2.35. The first-order valence-electron chi connectivity index (χ1n) is 5.79. The van der Waals surface area contributed by atoms with Crippen LogP contribution in [0.5, 0.6) is 0 Å². The van der Waals surface area contributed by atoms with E-state index in [2.05, 4.69) is 48.5 Å². The summed E-state index contributed by atoms with van der Waals surface area (Å²) in [6.45, 7) is 15.4. The molecule has 0 saturated carbocycles. The molecule has 0 spiro atoms. The molecule has 0 fully saturated rings. The van der Waals surface area contributed by atoms with Gasteiger partial charge in [0.2, 0.25) is 0 Å². The fraction of sp³-hybridized carbons (Fsp3) is 1.00. The zero-order chi connectivity index (χ0) is 11.6. The van der Waals surface area contributed by atoms with Crippen LogP contribution in [0.2, 0.25) is 0 Å². The van der Waals surface area contributed by atoms with E-state index in [9.17, 15) is 5.11 Å². The van der Waals surface area contributed by atoms with Crippen LogP contribution in [0.4, 0.5) is 0 Å². The van der Waals surface area contributed by atoms with Crippen molar-refractivity contribution in [1.82, 2.24) is 0 Å². The lowest BCUT2D eigenvalue weighted by Crippen LogP contribution is -2.33. The monoisotopic (exact) mass is 200 g/mol. The minimum Gasteiger partial charge on any atom is -0.393 e. The summed E-state index contributed by atoms with van der Waals surface area (Å²) in [6, 6.07) is 0. The Morgan fingerprint density at radius 1 is 1.07 bits per heavy atom. The highest BCUT2D eigenvalue weighted by atomic mass is 16.3. The van der Waals surface area contributed by atoms with E-state index in [-0.39, 0.29) is 11.5 Å². The molecule has 14 heavy (non-hydrogen) atoms. The molecule has 1 heteroatoms. The Morgan fingerprint density at radius 2 is 1.50 bits per heavy atom. The molecule has 0 aliphatic rings. The summed E-state index contributed by atoms with van der Waals surface area (Å²) in [5, 5.41) is 10.1. The van der Waals surface area contributed by atoms with Gasteiger partial charge in [0.1, 0.15) is 0 Å². The third kappa shape index (κ3) is 4.00. The molecular weight excluding hydrogens is 172 g/mol. The summed E-state index contributed by atoms with van der Waals surface area (Å²) in [5.41, 5.74) is 0.351. The zero-order valence-electron chi connectivity index (χ0n) is 11.0. The number of hydrogen-bond donors (Lipinski definition) is 1. The Labute approximate surface area is 89.9 Å². The minimum absolute atomic E-state index is 0.0551. The van der Waals surface area contributed by atoms with Gasteiger partial charge in [-0.2, -0.15) is 0 Å². The Bertz CT molecular complexity index is 165. The molecule has 2 unspecified atom stereocenters. The highest BCUT2D eigenvalue weighted by molar-refractivity contribution is 4.81. The van der Waals surface area contributed by atoms with E-state index in [1.54, 1.807) is 0 Å². The molecule has 1 N–H and O–H groups in total. The van der Waals surface area contributed by atoms with Crippen molar-refractivity contribution in [3.63, 3.8) is 0 Å². The van der Waals surface area contributed by atoms with Crippen molar-refractivity contribution >= 4 is 0 Å². The normalized spacial score (nSPS) is 18.0. The molecule has 0 bridgehead atoms. The summed E-state index contributed by atoms with van der Waals surface area (Å²) >= 11 is 0. The lowest BCUT2D eigenvalue weighted by molar-refractivity contribution is 0.0142. The largest absolute Gasteiger partial charge is 0.393 e. The van der Waals surface area contributed by atoms with E-state index >= 15 is 0 Å². The van der Waals surface area contributed by atoms with Crippen molar-refractivity contribution < 1.29 is 5.11 Å². The summed E-state index contributed by atoms with van der Waals surface area (Å²) in [6.07, 6.45) is 1.76. The molecule has 0 aromatic heterocycles. The second kappa shape index (κ2) is 4.65. The van der Waals surface area contributed by atoms with Crippen molar-refractivity contribution in [2.75, 3.05) is 0 Å². The van der Waals surface area contributed by atoms with Gasteiger partial charge < -0.3 is 5.11 Å². The maximum Gasteiger partial charge on any atom is 0.0593 e. The standard InChI is InChI=1S/C13H28O/c1-8-13(6,7)11(14)9-10(2)12(3,4)5/h10-11,14H,8-9H2,1-7H3. The Kier molecular flexibility index (Phi) is 4.64. The molecule has 0 radical (unpaired) electrons. The molecule has 0 aromatic rings. The average molecular weight is 200 g/mol. The molecule has 0 aliphatic carbocycles. The third-order valence-corrected chi connectivity index (χ3v) is 3.87. The maximum atomic E-state index is 10.1. The van der Waals surface area contributed by atoms with E-state index in [1.807, 2.05) is 0 Å². The molecule has 2 atom stereocenters. The first-order valence-corrected chi connectivity index (χ1v) is 5.79. The van der Waals surface area contributed by atoms with Gasteiger partial charge in [-0.05, 0) is 29.6 Å². The smallest absolute Gasteiger partial charge is 0.0593 e. The van der Waals surface area contributed by atoms with Gasteiger partial charge in [0.05, 0.1) is 6.10 Å². The fourth-order valence-corrected chi connectivity index (χ4v) is 1.24. The molecule has 0 aliphatic heterocycles. The van der Waals surface area contributed by atoms with Gasteiger partial charge in [-0.3, -0.25) is 0 Å². The predicted octanol–water partition coefficient (Wildman–Crippen LogP) is 3.86. The molecule has 0 rings (SSSR count). The second-order valence-electron chi connectivity index (χ2n) is 6.36. The van der Waals surface area contributed by atoms with Crippen molar-refractivity contribution in [1.29, 1.82) is 0 Å². The highest BCUT2D eigenvalue weighted by Crippen LogP contribution is 2.35. The van der Waals surface area contributed by atoms with Crippen LogP contribution in [0.25, 0.3) is 0 Å². The summed E-state index contributed by atoms with van der Waals surface area (Å²) in [5.74, 6) is 0.559. The van der Waals surface area contributed by atoms with Gasteiger partial charge in [0.15, 0.2) is 0 Å². The fourth-order valence-electron chi connectivity index (χ4n) is 1.24. The molecule has 1 nitrogen and oxygen atoms in total. The molecule has 0 aromatic carbocycles. The van der Waals surface area contributed by atoms with Crippen molar-refractivity contribution in [3.8, 4) is 0 Å². The molecular formula is C13H28O. The van der Waals surface area contributed by atoms with Gasteiger partial charge in [-0.25, -0.2) is 0 Å². The Balaban J connectivity index is 4.26. The topological polar surface area (TPSA) is 20.2 Å². The van der Waals surface area contributed by atoms with Gasteiger partial charge >= 0.3 is 0 Å². The van der Waals surface area contributed by atoms with Crippen LogP contribution in [0.3, 0.4) is 0 Å². The highest BCUT2D eigenvalue weighted by Gasteiger charge is 2.30. The van der Waals surface area contributed by atoms with Crippen LogP contribution in [0, 0.1) is 16.7 Å². The minimum atomic E-state index is -0.179. The second-order valence-corrected chi connectivity index (χ2v) is 6.36. The Hall–Kier alpha value is -0.0400. The SMILES string of the molecule is CCC(C)(C)C(O)CC(C)C(C)(C)C. The first kappa shape index (κ1) is 14.0. The van der Waals surface area contributed by atoms with E-state index in [0.717, 1.165) is 12.8 Å². The summed E-state index contributed by atoms with van der Waals surface area (Å²) in [4.78, 5) is 0. The Morgan fingerprint density at radius 3 is 1.79 bits per heavy atom. The van der Waals surface area contributed by atoms with Gasteiger partial charge in [-0.1, -0.05) is 48.5 Å². The van der Waals surface area contributed by atoms with E-state index in [0.29, 0.717) is 11.3 Å². The van der Waals surface area contributed by atoms with Crippen LogP contribution >= 0.6 is 0 Å². The van der Waals surface area contributed by atoms with Crippen LogP contribution in [0.1, 0.15) is 61.3 Å². The summed E-state index contributed by atoms with van der Waals surface area (Å²) in [7, 11) is 0. The number of aliphatic hydroxyl groups excluding tert-OH is 1. The van der Waals surface area contributed by atoms with Gasteiger partial charge in [0.25, 0.3) is 0 Å². The predicted molar refractivity (Wildman–Crippen MR) is 63.3 cm³/mol. The first-order chi connectivity index (χ1) is 6.11. The van der Waals surface area contributed by atoms with E-state index in [4.69, 9.17) is 0 Å². The van der Waals surface area contributed by atoms with Crippen molar-refractivity contribution in [2.24, 2.45) is 16.7 Å². The van der Waals surface area contributed by atoms with Crippen LogP contribution in [-0.4, -0.2) is 11.2 Å². The molecule has 86 valence electrons. The quantitative estimate of drug-likeness (QED) is 0.730. The van der Waals surface area contributed by atoms with Crippen molar-refractivity contribution in [3.05, 3.63) is 0 Å². The van der Waals surface area contributed by atoms with Crippen LogP contribution in [0.15, 0.2) is 0 Å². The number of hydrogen-bond acceptors (Lipinski definition) is 1. The third-order valence-electron chi connectivity index (χ3n) is 3.87. The lowest BCUT2D eigenvalue weighted by atomic mass is 9.73. The van der Waals surface area contributed by atoms with Gasteiger partial charge in [0, 0.05) is 0 Å². The molecule has 0 heterocycles. The number of rotatable bonds is 4. The number of aliphatic hydroxyl groups is 1. The van der Waals surface area contributed by atoms with Crippen LogP contribution in [-0.2, 0) is 0 Å². The zero-order valence-corrected chi connectivity index (χ0v) is 11.0. The van der Waals surface area contributed by atoms with Crippen LogP contribution < -0.4 is 0 Å². The van der Waals surface area contributed by atoms with Gasteiger partial charge in [-0.15, -0.1) is 0 Å². The molecule has 0 saturated heterocycles. The summed E-state index contributed by atoms with van der Waals surface area (Å²) < 4.78 is 0. The van der Waals surface area contributed by atoms with Crippen molar-refractivity contribution in [2.45, 2.75) is 67.4 Å². The van der Waals surface area contributed by atoms with E-state index < -0.39 is 0 Å².